The largest absolute Gasteiger partial charge is 0.481 e. The van der Waals surface area contributed by atoms with Gasteiger partial charge in [-0.05, 0) is 18.4 Å². The molecule has 0 fully saturated rings. The standard InChI is InChI=1S/C13H16F2N2O2/c14-12(15)10(13(18)19)6-7-11(16)17-8-9-4-2-1-3-5-9/h1-5,8,10-12H,6-7,16H2,(H,18,19)/b17-8+. The van der Waals surface area contributed by atoms with Gasteiger partial charge in [0.05, 0.1) is 6.17 Å². The van der Waals surface area contributed by atoms with Crippen LogP contribution in [0.5, 0.6) is 0 Å². The first-order chi connectivity index (χ1) is 9.00. The minimum atomic E-state index is -2.89. The Morgan fingerprint density at radius 3 is 2.47 bits per heavy atom. The number of nitrogens with two attached hydrogens (primary N) is 1. The summed E-state index contributed by atoms with van der Waals surface area (Å²) in [6.07, 6.45) is -2.11. The van der Waals surface area contributed by atoms with Gasteiger partial charge in [0.2, 0.25) is 0 Å². The van der Waals surface area contributed by atoms with E-state index in [2.05, 4.69) is 4.99 Å². The van der Waals surface area contributed by atoms with Crippen molar-refractivity contribution < 1.29 is 18.7 Å². The van der Waals surface area contributed by atoms with Crippen LogP contribution in [0.4, 0.5) is 8.78 Å². The number of benzene rings is 1. The molecule has 3 N–H and O–H groups in total. The lowest BCUT2D eigenvalue weighted by Crippen LogP contribution is -2.25. The molecule has 0 aromatic heterocycles. The second-order valence-corrected chi connectivity index (χ2v) is 4.11. The number of carbonyl (C=O) groups is 1. The molecule has 0 saturated heterocycles. The fourth-order valence-electron chi connectivity index (χ4n) is 1.50. The van der Waals surface area contributed by atoms with E-state index in [9.17, 15) is 13.6 Å². The maximum Gasteiger partial charge on any atom is 0.312 e. The summed E-state index contributed by atoms with van der Waals surface area (Å²) in [5, 5.41) is 8.61. The molecule has 0 spiro atoms. The van der Waals surface area contributed by atoms with Crippen LogP contribution in [0.25, 0.3) is 0 Å². The average Bonchev–Trinajstić information content (AvgIpc) is 2.37. The predicted octanol–water partition coefficient (Wildman–Crippen LogP) is 2.14. The van der Waals surface area contributed by atoms with Gasteiger partial charge in [-0.15, -0.1) is 0 Å². The van der Waals surface area contributed by atoms with Crippen LogP contribution in [-0.4, -0.2) is 29.9 Å². The van der Waals surface area contributed by atoms with Crippen LogP contribution in [0, 0.1) is 5.92 Å². The Balaban J connectivity index is 2.45. The minimum Gasteiger partial charge on any atom is -0.481 e. The Morgan fingerprint density at radius 1 is 1.32 bits per heavy atom. The average molecular weight is 270 g/mol. The molecule has 1 rings (SSSR count). The number of aliphatic imine (C=N–C) groups is 1. The normalized spacial score (nSPS) is 14.7. The molecule has 104 valence electrons. The number of alkyl halides is 2. The topological polar surface area (TPSA) is 75.7 Å². The summed E-state index contributed by atoms with van der Waals surface area (Å²) < 4.78 is 24.8. The van der Waals surface area contributed by atoms with E-state index < -0.39 is 24.5 Å². The van der Waals surface area contributed by atoms with Crippen LogP contribution < -0.4 is 5.73 Å². The number of nitrogens with zero attached hydrogens (tertiary/aromatic N) is 1. The number of carboxylic acid groups (broad SMARTS) is 1. The molecule has 0 heterocycles. The Bertz CT molecular complexity index is 424. The van der Waals surface area contributed by atoms with Gasteiger partial charge in [-0.25, -0.2) is 8.78 Å². The number of carboxylic acids is 1. The molecular weight excluding hydrogens is 254 g/mol. The highest BCUT2D eigenvalue weighted by atomic mass is 19.3. The van der Waals surface area contributed by atoms with Crippen molar-refractivity contribution in [1.29, 1.82) is 0 Å². The molecule has 1 aromatic rings. The maximum absolute atomic E-state index is 12.4. The molecule has 2 atom stereocenters. The van der Waals surface area contributed by atoms with E-state index in [1.807, 2.05) is 30.3 Å². The molecule has 4 nitrogen and oxygen atoms in total. The zero-order chi connectivity index (χ0) is 14.3. The van der Waals surface area contributed by atoms with E-state index in [-0.39, 0.29) is 12.8 Å². The number of hydrogen-bond donors (Lipinski definition) is 2. The van der Waals surface area contributed by atoms with Crippen molar-refractivity contribution in [2.24, 2.45) is 16.6 Å². The van der Waals surface area contributed by atoms with Gasteiger partial charge in [0.15, 0.2) is 0 Å². The molecule has 0 amide bonds. The van der Waals surface area contributed by atoms with Crippen LogP contribution in [0.3, 0.4) is 0 Å². The van der Waals surface area contributed by atoms with E-state index in [0.717, 1.165) is 5.56 Å². The summed E-state index contributed by atoms with van der Waals surface area (Å²) in [7, 11) is 0. The smallest absolute Gasteiger partial charge is 0.312 e. The van der Waals surface area contributed by atoms with Crippen LogP contribution in [-0.2, 0) is 4.79 Å². The summed E-state index contributed by atoms with van der Waals surface area (Å²) in [5.74, 6) is -3.19. The Labute approximate surface area is 110 Å². The van der Waals surface area contributed by atoms with Crippen molar-refractivity contribution in [3.05, 3.63) is 35.9 Å². The fourth-order valence-corrected chi connectivity index (χ4v) is 1.50. The Kier molecular flexibility index (Phi) is 6.08. The zero-order valence-corrected chi connectivity index (χ0v) is 10.2. The molecule has 6 heteroatoms. The molecule has 1 aromatic carbocycles. The monoisotopic (exact) mass is 270 g/mol. The third-order valence-corrected chi connectivity index (χ3v) is 2.61. The van der Waals surface area contributed by atoms with Crippen molar-refractivity contribution >= 4 is 12.2 Å². The predicted molar refractivity (Wildman–Crippen MR) is 68.4 cm³/mol. The van der Waals surface area contributed by atoms with E-state index in [1.54, 1.807) is 6.21 Å². The number of rotatable bonds is 7. The van der Waals surface area contributed by atoms with Crippen LogP contribution >= 0.6 is 0 Å². The van der Waals surface area contributed by atoms with Gasteiger partial charge in [-0.2, -0.15) is 0 Å². The first-order valence-corrected chi connectivity index (χ1v) is 5.85. The molecule has 0 saturated carbocycles. The minimum absolute atomic E-state index is 0.102. The lowest BCUT2D eigenvalue weighted by atomic mass is 10.0. The van der Waals surface area contributed by atoms with Gasteiger partial charge < -0.3 is 10.8 Å². The molecule has 0 bridgehead atoms. The van der Waals surface area contributed by atoms with Crippen molar-refractivity contribution in [2.45, 2.75) is 25.4 Å². The van der Waals surface area contributed by atoms with Gasteiger partial charge in [-0.3, -0.25) is 9.79 Å². The SMILES string of the molecule is NC(CCC(C(=O)O)C(F)F)/N=C/c1ccccc1. The molecule has 19 heavy (non-hydrogen) atoms. The van der Waals surface area contributed by atoms with E-state index in [1.165, 1.54) is 0 Å². The molecule has 0 aliphatic rings. The fraction of sp³-hybridized carbons (Fsp3) is 0.385. The van der Waals surface area contributed by atoms with E-state index in [0.29, 0.717) is 0 Å². The Morgan fingerprint density at radius 2 is 1.95 bits per heavy atom. The van der Waals surface area contributed by atoms with Crippen LogP contribution in [0.15, 0.2) is 35.3 Å². The van der Waals surface area contributed by atoms with E-state index in [4.69, 9.17) is 10.8 Å². The van der Waals surface area contributed by atoms with Crippen molar-refractivity contribution in [2.75, 3.05) is 0 Å². The summed E-state index contributed by atoms with van der Waals surface area (Å²) in [4.78, 5) is 14.6. The van der Waals surface area contributed by atoms with Gasteiger partial charge in [0, 0.05) is 6.21 Å². The second kappa shape index (κ2) is 7.58. The third kappa shape index (κ3) is 5.56. The second-order valence-electron chi connectivity index (χ2n) is 4.11. The van der Waals surface area contributed by atoms with E-state index >= 15 is 0 Å². The van der Waals surface area contributed by atoms with Crippen LogP contribution in [0.2, 0.25) is 0 Å². The van der Waals surface area contributed by atoms with Crippen molar-refractivity contribution in [3.8, 4) is 0 Å². The highest BCUT2D eigenvalue weighted by Gasteiger charge is 2.27. The molecule has 0 radical (unpaired) electrons. The van der Waals surface area contributed by atoms with Gasteiger partial charge >= 0.3 is 5.97 Å². The summed E-state index contributed by atoms with van der Waals surface area (Å²) in [6, 6.07) is 9.19. The first kappa shape index (κ1) is 15.2. The maximum atomic E-state index is 12.4. The quantitative estimate of drug-likeness (QED) is 0.745. The molecular formula is C13H16F2N2O2. The van der Waals surface area contributed by atoms with Crippen LogP contribution in [0.1, 0.15) is 18.4 Å². The van der Waals surface area contributed by atoms with Gasteiger partial charge in [0.1, 0.15) is 5.92 Å². The van der Waals surface area contributed by atoms with Crippen molar-refractivity contribution in [1.82, 2.24) is 0 Å². The molecule has 0 aliphatic carbocycles. The number of hydrogen-bond acceptors (Lipinski definition) is 3. The zero-order valence-electron chi connectivity index (χ0n) is 10.2. The number of aliphatic carboxylic acids is 1. The molecule has 2 unspecified atom stereocenters. The van der Waals surface area contributed by atoms with Crippen molar-refractivity contribution in [3.63, 3.8) is 0 Å². The highest BCUT2D eigenvalue weighted by Crippen LogP contribution is 2.17. The lowest BCUT2D eigenvalue weighted by molar-refractivity contribution is -0.147. The van der Waals surface area contributed by atoms with Gasteiger partial charge in [-0.1, -0.05) is 30.3 Å². The Hall–Kier alpha value is -1.82. The van der Waals surface area contributed by atoms with Gasteiger partial charge in [0.25, 0.3) is 6.43 Å². The highest BCUT2D eigenvalue weighted by molar-refractivity contribution is 5.79. The summed E-state index contributed by atoms with van der Waals surface area (Å²) >= 11 is 0. The molecule has 0 aliphatic heterocycles. The lowest BCUT2D eigenvalue weighted by Gasteiger charge is -2.12. The summed E-state index contributed by atoms with van der Waals surface area (Å²) in [6.45, 7) is 0. The number of halogens is 2. The first-order valence-electron chi connectivity index (χ1n) is 5.85. The third-order valence-electron chi connectivity index (χ3n) is 2.61. The summed E-state index contributed by atoms with van der Waals surface area (Å²) in [5.41, 5.74) is 6.48.